The predicted octanol–water partition coefficient (Wildman–Crippen LogP) is 4.65. The van der Waals surface area contributed by atoms with Gasteiger partial charge in [0.2, 0.25) is 11.8 Å². The van der Waals surface area contributed by atoms with Gasteiger partial charge in [-0.15, -0.1) is 11.3 Å². The van der Waals surface area contributed by atoms with Crippen LogP contribution in [0.3, 0.4) is 0 Å². The van der Waals surface area contributed by atoms with Crippen LogP contribution in [0.2, 0.25) is 0 Å². The number of halogens is 2. The Balaban J connectivity index is 1.58. The fourth-order valence-electron chi connectivity index (χ4n) is 3.74. The van der Waals surface area contributed by atoms with Crippen molar-refractivity contribution in [3.8, 4) is 11.3 Å². The number of amides is 1. The summed E-state index contributed by atoms with van der Waals surface area (Å²) < 4.78 is 27.5. The van der Waals surface area contributed by atoms with Crippen molar-refractivity contribution in [2.45, 2.75) is 51.0 Å². The van der Waals surface area contributed by atoms with Crippen LogP contribution in [-0.2, 0) is 11.2 Å². The molecule has 6 nitrogen and oxygen atoms in total. The van der Waals surface area contributed by atoms with Crippen LogP contribution < -0.4 is 5.32 Å². The van der Waals surface area contributed by atoms with Gasteiger partial charge in [-0.2, -0.15) is 0 Å². The molecule has 2 heterocycles. The van der Waals surface area contributed by atoms with E-state index in [0.29, 0.717) is 6.54 Å². The van der Waals surface area contributed by atoms with Gasteiger partial charge in [-0.05, 0) is 45.5 Å². The summed E-state index contributed by atoms with van der Waals surface area (Å²) >= 11 is 1.37. The van der Waals surface area contributed by atoms with Crippen molar-refractivity contribution < 1.29 is 13.6 Å². The molecule has 0 aliphatic carbocycles. The van der Waals surface area contributed by atoms with E-state index >= 15 is 0 Å². The first-order chi connectivity index (χ1) is 15.6. The minimum absolute atomic E-state index is 0.0179. The summed E-state index contributed by atoms with van der Waals surface area (Å²) in [6, 6.07) is 8.30. The van der Waals surface area contributed by atoms with Crippen molar-refractivity contribution in [2.75, 3.05) is 20.6 Å². The fourth-order valence-corrected chi connectivity index (χ4v) is 4.63. The number of aromatic nitrogens is 3. The van der Waals surface area contributed by atoms with Crippen molar-refractivity contribution >= 4 is 17.2 Å². The molecule has 0 saturated carbocycles. The maximum atomic E-state index is 13.7. The molecule has 2 aromatic heterocycles. The molecule has 178 valence electrons. The average Bonchev–Trinajstić information content (AvgIpc) is 3.42. The van der Waals surface area contributed by atoms with Gasteiger partial charge in [-0.1, -0.05) is 24.3 Å². The Kier molecular flexibility index (Phi) is 8.31. The van der Waals surface area contributed by atoms with E-state index in [1.807, 2.05) is 33.2 Å². The number of aromatic amines is 1. The molecule has 33 heavy (non-hydrogen) atoms. The van der Waals surface area contributed by atoms with Gasteiger partial charge in [0, 0.05) is 42.4 Å². The standard InChI is InChI=1S/C24H31F2N5OS/c1-16-28-14-22(33-16)19(11-24(2,25)26)10-23(32)29-12-20(31(3)4)9-17-5-7-18(8-6-17)21-13-27-15-30-21/h5-8,13-15,19-20H,9-12H2,1-4H3,(H,27,30)(H,29,32)/t19-,20-/m0/s1. The molecule has 1 aromatic carbocycles. The Morgan fingerprint density at radius 2 is 1.97 bits per heavy atom. The van der Waals surface area contributed by atoms with Crippen molar-refractivity contribution in [3.05, 3.63) is 58.4 Å². The second kappa shape index (κ2) is 11.0. The number of likely N-dealkylation sites (N-methyl/N-ethyl adjacent to an activating group) is 1. The fraction of sp³-hybridized carbons (Fsp3) is 0.458. The lowest BCUT2D eigenvalue weighted by Crippen LogP contribution is -2.42. The molecule has 0 spiro atoms. The molecule has 1 amide bonds. The highest BCUT2D eigenvalue weighted by atomic mass is 32.1. The molecule has 0 bridgehead atoms. The second-order valence-electron chi connectivity index (χ2n) is 8.74. The van der Waals surface area contributed by atoms with E-state index in [2.05, 4.69) is 37.3 Å². The number of imidazole rings is 1. The van der Waals surface area contributed by atoms with Crippen molar-refractivity contribution in [1.29, 1.82) is 0 Å². The summed E-state index contributed by atoms with van der Waals surface area (Å²) in [5.74, 6) is -3.63. The number of aryl methyl sites for hydroxylation is 1. The summed E-state index contributed by atoms with van der Waals surface area (Å²) in [6.07, 6.45) is 5.44. The summed E-state index contributed by atoms with van der Waals surface area (Å²) in [5.41, 5.74) is 3.17. The van der Waals surface area contributed by atoms with Gasteiger partial charge in [-0.3, -0.25) is 4.79 Å². The van der Waals surface area contributed by atoms with E-state index in [1.54, 1.807) is 18.7 Å². The van der Waals surface area contributed by atoms with E-state index in [0.717, 1.165) is 40.1 Å². The van der Waals surface area contributed by atoms with Crippen LogP contribution in [0.15, 0.2) is 43.0 Å². The lowest BCUT2D eigenvalue weighted by atomic mass is 9.96. The van der Waals surface area contributed by atoms with Crippen molar-refractivity contribution in [1.82, 2.24) is 25.2 Å². The molecule has 2 N–H and O–H groups in total. The van der Waals surface area contributed by atoms with Crippen LogP contribution in [0, 0.1) is 6.92 Å². The van der Waals surface area contributed by atoms with Gasteiger partial charge in [-0.25, -0.2) is 18.7 Å². The molecule has 3 aromatic rings. The molecular weight excluding hydrogens is 444 g/mol. The van der Waals surface area contributed by atoms with Crippen molar-refractivity contribution in [3.63, 3.8) is 0 Å². The number of H-pyrrole nitrogens is 1. The normalized spacial score (nSPS) is 13.8. The molecule has 0 saturated heterocycles. The summed E-state index contributed by atoms with van der Waals surface area (Å²) in [6.45, 7) is 3.16. The van der Waals surface area contributed by atoms with E-state index < -0.39 is 11.8 Å². The van der Waals surface area contributed by atoms with Gasteiger partial charge < -0.3 is 15.2 Å². The highest BCUT2D eigenvalue weighted by Gasteiger charge is 2.30. The lowest BCUT2D eigenvalue weighted by molar-refractivity contribution is -0.122. The average molecular weight is 476 g/mol. The van der Waals surface area contributed by atoms with Crippen LogP contribution in [0.1, 0.15) is 41.1 Å². The molecule has 9 heteroatoms. The Morgan fingerprint density at radius 3 is 2.52 bits per heavy atom. The van der Waals surface area contributed by atoms with E-state index in [9.17, 15) is 13.6 Å². The lowest BCUT2D eigenvalue weighted by Gasteiger charge is -2.25. The number of benzene rings is 1. The topological polar surface area (TPSA) is 73.9 Å². The zero-order chi connectivity index (χ0) is 24.0. The van der Waals surface area contributed by atoms with Crippen LogP contribution in [0.5, 0.6) is 0 Å². The van der Waals surface area contributed by atoms with Crippen LogP contribution >= 0.6 is 11.3 Å². The highest BCUT2D eigenvalue weighted by molar-refractivity contribution is 7.11. The summed E-state index contributed by atoms with van der Waals surface area (Å²) in [7, 11) is 3.94. The molecular formula is C24H31F2N5OS. The van der Waals surface area contributed by atoms with E-state index in [-0.39, 0.29) is 24.8 Å². The van der Waals surface area contributed by atoms with Crippen molar-refractivity contribution in [2.24, 2.45) is 0 Å². The minimum atomic E-state index is -2.85. The van der Waals surface area contributed by atoms with E-state index in [4.69, 9.17) is 0 Å². The molecule has 0 fully saturated rings. The number of rotatable bonds is 11. The third-order valence-corrected chi connectivity index (χ3v) is 6.65. The van der Waals surface area contributed by atoms with Crippen LogP contribution in [-0.4, -0.2) is 58.4 Å². The number of hydrogen-bond acceptors (Lipinski definition) is 5. The smallest absolute Gasteiger partial charge is 0.246 e. The van der Waals surface area contributed by atoms with Gasteiger partial charge in [0.1, 0.15) is 0 Å². The number of alkyl halides is 2. The van der Waals surface area contributed by atoms with Gasteiger partial charge in [0.15, 0.2) is 0 Å². The Morgan fingerprint density at radius 1 is 1.24 bits per heavy atom. The Bertz CT molecular complexity index is 1010. The third kappa shape index (κ3) is 7.71. The highest BCUT2D eigenvalue weighted by Crippen LogP contribution is 2.35. The first kappa shape index (κ1) is 25.0. The van der Waals surface area contributed by atoms with Gasteiger partial charge in [0.05, 0.1) is 23.2 Å². The monoisotopic (exact) mass is 475 g/mol. The minimum Gasteiger partial charge on any atom is -0.355 e. The molecule has 0 aliphatic heterocycles. The van der Waals surface area contributed by atoms with Crippen LogP contribution in [0.25, 0.3) is 11.3 Å². The SMILES string of the molecule is Cc1ncc([C@@H](CC(=O)NC[C@H](Cc2ccc(-c3cnc[nH]3)cc2)N(C)C)CC(C)(F)F)s1. The third-order valence-electron chi connectivity index (χ3n) is 5.58. The zero-order valence-corrected chi connectivity index (χ0v) is 20.3. The second-order valence-corrected chi connectivity index (χ2v) is 10.0. The van der Waals surface area contributed by atoms with E-state index in [1.165, 1.54) is 11.3 Å². The molecule has 0 unspecified atom stereocenters. The Labute approximate surface area is 197 Å². The molecule has 0 radical (unpaired) electrons. The quantitative estimate of drug-likeness (QED) is 0.423. The number of nitrogens with zero attached hydrogens (tertiary/aromatic N) is 3. The number of nitrogens with one attached hydrogen (secondary N) is 2. The first-order valence-corrected chi connectivity index (χ1v) is 11.7. The van der Waals surface area contributed by atoms with Gasteiger partial charge >= 0.3 is 0 Å². The first-order valence-electron chi connectivity index (χ1n) is 10.9. The predicted molar refractivity (Wildman–Crippen MR) is 128 cm³/mol. The summed E-state index contributed by atoms with van der Waals surface area (Å²) in [5, 5.41) is 3.76. The summed E-state index contributed by atoms with van der Waals surface area (Å²) in [4.78, 5) is 26.8. The molecule has 0 aliphatic rings. The number of hydrogen-bond donors (Lipinski definition) is 2. The largest absolute Gasteiger partial charge is 0.355 e. The molecule has 2 atom stereocenters. The number of thiazole rings is 1. The number of carbonyl (C=O) groups excluding carboxylic acids is 1. The maximum absolute atomic E-state index is 13.7. The van der Waals surface area contributed by atoms with Crippen LogP contribution in [0.4, 0.5) is 8.78 Å². The maximum Gasteiger partial charge on any atom is 0.246 e. The zero-order valence-electron chi connectivity index (χ0n) is 19.4. The van der Waals surface area contributed by atoms with Gasteiger partial charge in [0.25, 0.3) is 0 Å². The molecule has 3 rings (SSSR count). The number of carbonyl (C=O) groups is 1. The Hall–Kier alpha value is -2.65.